The van der Waals surface area contributed by atoms with E-state index in [9.17, 15) is 9.59 Å². The molecule has 0 saturated carbocycles. The van der Waals surface area contributed by atoms with Crippen LogP contribution >= 0.6 is 0 Å². The molecule has 0 N–H and O–H groups in total. The van der Waals surface area contributed by atoms with Crippen LogP contribution in [0.3, 0.4) is 0 Å². The predicted molar refractivity (Wildman–Crippen MR) is 67.0 cm³/mol. The molecule has 0 bridgehead atoms. The average molecular weight is 257 g/mol. The van der Waals surface area contributed by atoms with Crippen LogP contribution in [-0.4, -0.2) is 50.2 Å². The van der Waals surface area contributed by atoms with Gasteiger partial charge in [-0.1, -0.05) is 0 Å². The van der Waals surface area contributed by atoms with Crippen molar-refractivity contribution in [1.82, 2.24) is 4.90 Å². The minimum atomic E-state index is -0.121. The molecule has 1 heterocycles. The minimum absolute atomic E-state index is 0.0343. The van der Waals surface area contributed by atoms with E-state index in [0.717, 1.165) is 19.3 Å². The Morgan fingerprint density at radius 2 is 1.94 bits per heavy atom. The highest BCUT2D eigenvalue weighted by molar-refractivity contribution is 5.77. The van der Waals surface area contributed by atoms with E-state index in [1.165, 1.54) is 0 Å². The van der Waals surface area contributed by atoms with E-state index in [2.05, 4.69) is 0 Å². The molecule has 1 amide bonds. The van der Waals surface area contributed by atoms with Gasteiger partial charge in [0.2, 0.25) is 5.91 Å². The van der Waals surface area contributed by atoms with Crippen LogP contribution in [0, 0.1) is 5.92 Å². The van der Waals surface area contributed by atoms with Gasteiger partial charge in [-0.05, 0) is 26.2 Å². The molecule has 1 rings (SSSR count). The van der Waals surface area contributed by atoms with Gasteiger partial charge < -0.3 is 14.4 Å². The van der Waals surface area contributed by atoms with E-state index < -0.39 is 0 Å². The van der Waals surface area contributed by atoms with Crippen LogP contribution in [0.1, 0.15) is 32.6 Å². The smallest absolute Gasteiger partial charge is 0.309 e. The van der Waals surface area contributed by atoms with E-state index in [4.69, 9.17) is 9.47 Å². The zero-order chi connectivity index (χ0) is 13.4. The van der Waals surface area contributed by atoms with Crippen LogP contribution < -0.4 is 0 Å². The fraction of sp³-hybridized carbons (Fsp3) is 0.846. The summed E-state index contributed by atoms with van der Waals surface area (Å²) in [5.41, 5.74) is 0. The molecular weight excluding hydrogens is 234 g/mol. The molecule has 18 heavy (non-hydrogen) atoms. The van der Waals surface area contributed by atoms with Crippen LogP contribution in [0.15, 0.2) is 0 Å². The maximum Gasteiger partial charge on any atom is 0.309 e. The number of likely N-dealkylation sites (tertiary alicyclic amines) is 1. The molecule has 1 fully saturated rings. The third kappa shape index (κ3) is 4.64. The quantitative estimate of drug-likeness (QED) is 0.530. The van der Waals surface area contributed by atoms with Gasteiger partial charge in [-0.2, -0.15) is 0 Å². The van der Waals surface area contributed by atoms with Gasteiger partial charge >= 0.3 is 5.97 Å². The lowest BCUT2D eigenvalue weighted by atomic mass is 9.97. The van der Waals surface area contributed by atoms with Gasteiger partial charge in [0.1, 0.15) is 0 Å². The van der Waals surface area contributed by atoms with Gasteiger partial charge in [0.05, 0.1) is 12.5 Å². The summed E-state index contributed by atoms with van der Waals surface area (Å²) >= 11 is 0. The number of piperidine rings is 1. The highest BCUT2D eigenvalue weighted by Gasteiger charge is 2.27. The lowest BCUT2D eigenvalue weighted by Crippen LogP contribution is -2.40. The number of rotatable bonds is 6. The minimum Gasteiger partial charge on any atom is -0.466 e. The Hall–Kier alpha value is -1.10. The normalized spacial score (nSPS) is 16.7. The average Bonchev–Trinajstić information content (AvgIpc) is 2.39. The van der Waals surface area contributed by atoms with Gasteiger partial charge in [-0.15, -0.1) is 0 Å². The topological polar surface area (TPSA) is 55.8 Å². The van der Waals surface area contributed by atoms with Crippen molar-refractivity contribution in [2.45, 2.75) is 32.6 Å². The molecule has 1 saturated heterocycles. The summed E-state index contributed by atoms with van der Waals surface area (Å²) < 4.78 is 9.92. The number of hydrogen-bond donors (Lipinski definition) is 0. The van der Waals surface area contributed by atoms with E-state index in [1.807, 2.05) is 11.8 Å². The van der Waals surface area contributed by atoms with Crippen molar-refractivity contribution in [3.8, 4) is 0 Å². The third-order valence-electron chi connectivity index (χ3n) is 3.21. The first-order valence-electron chi connectivity index (χ1n) is 6.62. The standard InChI is InChI=1S/C13H23NO4/c1-3-18-13(16)11-6-8-14(9-7-11)12(15)5-4-10-17-2/h11H,3-10H2,1-2H3. The van der Waals surface area contributed by atoms with Crippen molar-refractivity contribution in [3.63, 3.8) is 0 Å². The van der Waals surface area contributed by atoms with Gasteiger partial charge in [0, 0.05) is 33.2 Å². The molecule has 0 aliphatic carbocycles. The van der Waals surface area contributed by atoms with Crippen molar-refractivity contribution < 1.29 is 19.1 Å². The third-order valence-corrected chi connectivity index (χ3v) is 3.21. The first-order chi connectivity index (χ1) is 8.69. The van der Waals surface area contributed by atoms with E-state index in [-0.39, 0.29) is 17.8 Å². The monoisotopic (exact) mass is 257 g/mol. The highest BCUT2D eigenvalue weighted by atomic mass is 16.5. The fourth-order valence-corrected chi connectivity index (χ4v) is 2.15. The Morgan fingerprint density at radius 3 is 2.50 bits per heavy atom. The van der Waals surface area contributed by atoms with Gasteiger partial charge in [0.15, 0.2) is 0 Å². The predicted octanol–water partition coefficient (Wildman–Crippen LogP) is 1.21. The Labute approximate surface area is 108 Å². The molecule has 0 aromatic rings. The maximum absolute atomic E-state index is 11.8. The second kappa shape index (κ2) is 8.08. The van der Waals surface area contributed by atoms with Crippen molar-refractivity contribution >= 4 is 11.9 Å². The number of esters is 1. The van der Waals surface area contributed by atoms with Crippen LogP contribution in [0.2, 0.25) is 0 Å². The molecule has 0 aromatic carbocycles. The van der Waals surface area contributed by atoms with Crippen LogP contribution in [-0.2, 0) is 19.1 Å². The summed E-state index contributed by atoms with van der Waals surface area (Å²) in [4.78, 5) is 25.2. The van der Waals surface area contributed by atoms with Crippen molar-refractivity contribution in [2.24, 2.45) is 5.92 Å². The molecule has 1 aliphatic heterocycles. The molecule has 5 nitrogen and oxygen atoms in total. The lowest BCUT2D eigenvalue weighted by molar-refractivity contribution is -0.151. The molecule has 104 valence electrons. The summed E-state index contributed by atoms with van der Waals surface area (Å²) in [7, 11) is 1.63. The second-order valence-corrected chi connectivity index (χ2v) is 4.50. The summed E-state index contributed by atoms with van der Waals surface area (Å²) in [5, 5.41) is 0. The van der Waals surface area contributed by atoms with Gasteiger partial charge in [-0.3, -0.25) is 9.59 Å². The van der Waals surface area contributed by atoms with Crippen molar-refractivity contribution in [2.75, 3.05) is 33.4 Å². The van der Waals surface area contributed by atoms with Crippen LogP contribution in [0.4, 0.5) is 0 Å². The molecular formula is C13H23NO4. The number of ether oxygens (including phenoxy) is 2. The molecule has 0 aromatic heterocycles. The van der Waals surface area contributed by atoms with Gasteiger partial charge in [-0.25, -0.2) is 0 Å². The Kier molecular flexibility index (Phi) is 6.72. The van der Waals surface area contributed by atoms with Crippen molar-refractivity contribution in [1.29, 1.82) is 0 Å². The summed E-state index contributed by atoms with van der Waals surface area (Å²) in [6.07, 6.45) is 2.72. The van der Waals surface area contributed by atoms with Gasteiger partial charge in [0.25, 0.3) is 0 Å². The number of amides is 1. The zero-order valence-corrected chi connectivity index (χ0v) is 11.3. The van der Waals surface area contributed by atoms with E-state index >= 15 is 0 Å². The Morgan fingerprint density at radius 1 is 1.28 bits per heavy atom. The van der Waals surface area contributed by atoms with Crippen molar-refractivity contribution in [3.05, 3.63) is 0 Å². The lowest BCUT2D eigenvalue weighted by Gasteiger charge is -2.31. The summed E-state index contributed by atoms with van der Waals surface area (Å²) in [6, 6.07) is 0. The molecule has 0 spiro atoms. The molecule has 0 unspecified atom stereocenters. The first-order valence-corrected chi connectivity index (χ1v) is 6.62. The van der Waals surface area contributed by atoms with E-state index in [0.29, 0.717) is 32.7 Å². The summed E-state index contributed by atoms with van der Waals surface area (Å²) in [6.45, 7) is 4.18. The summed E-state index contributed by atoms with van der Waals surface area (Å²) in [5.74, 6) is 0.00585. The SMILES string of the molecule is CCOC(=O)C1CCN(C(=O)CCCOC)CC1. The van der Waals surface area contributed by atoms with Crippen LogP contribution in [0.5, 0.6) is 0 Å². The second-order valence-electron chi connectivity index (χ2n) is 4.50. The molecule has 5 heteroatoms. The van der Waals surface area contributed by atoms with Crippen LogP contribution in [0.25, 0.3) is 0 Å². The molecule has 1 aliphatic rings. The zero-order valence-electron chi connectivity index (χ0n) is 11.3. The van der Waals surface area contributed by atoms with E-state index in [1.54, 1.807) is 7.11 Å². The largest absolute Gasteiger partial charge is 0.466 e. The maximum atomic E-state index is 11.8. The first kappa shape index (κ1) is 15.0. The number of methoxy groups -OCH3 is 1. The number of carbonyl (C=O) groups excluding carboxylic acids is 2. The Bertz CT molecular complexity index is 272. The number of hydrogen-bond acceptors (Lipinski definition) is 4. The number of nitrogens with zero attached hydrogens (tertiary/aromatic N) is 1. The highest BCUT2D eigenvalue weighted by Crippen LogP contribution is 2.19. The number of carbonyl (C=O) groups is 2. The molecule has 0 radical (unpaired) electrons. The fourth-order valence-electron chi connectivity index (χ4n) is 2.15. The molecule has 0 atom stereocenters. The Balaban J connectivity index is 2.26.